The Labute approximate surface area is 161 Å². The van der Waals surface area contributed by atoms with Crippen molar-refractivity contribution in [1.29, 1.82) is 0 Å². The van der Waals surface area contributed by atoms with E-state index in [-0.39, 0.29) is 11.3 Å². The first-order chi connectivity index (χ1) is 12.8. The van der Waals surface area contributed by atoms with Crippen molar-refractivity contribution in [2.45, 2.75) is 32.4 Å². The second-order valence-corrected chi connectivity index (χ2v) is 6.57. The second kappa shape index (κ2) is 11.2. The molecule has 0 fully saturated rings. The zero-order chi connectivity index (χ0) is 20.4. The third-order valence-electron chi connectivity index (χ3n) is 3.53. The highest BCUT2D eigenvalue weighted by atomic mass is 32.2. The summed E-state index contributed by atoms with van der Waals surface area (Å²) in [5, 5.41) is 15.9. The fourth-order valence-electron chi connectivity index (χ4n) is 2.11. The number of carbonyl (C=O) groups excluding carboxylic acids is 3. The van der Waals surface area contributed by atoms with Gasteiger partial charge in [0.15, 0.2) is 6.10 Å². The summed E-state index contributed by atoms with van der Waals surface area (Å²) in [6, 6.07) is 4.23. The van der Waals surface area contributed by atoms with E-state index >= 15 is 0 Å². The van der Waals surface area contributed by atoms with Gasteiger partial charge in [0.2, 0.25) is 0 Å². The van der Waals surface area contributed by atoms with Gasteiger partial charge in [0.1, 0.15) is 6.04 Å². The molecule has 1 aromatic carbocycles. The first-order valence-electron chi connectivity index (χ1n) is 8.32. The maximum absolute atomic E-state index is 12.4. The third kappa shape index (κ3) is 7.26. The fraction of sp³-hybridized carbons (Fsp3) is 0.471. The summed E-state index contributed by atoms with van der Waals surface area (Å²) in [5.41, 5.74) is -0.168. The van der Waals surface area contributed by atoms with Crippen LogP contribution in [-0.2, 0) is 14.3 Å². The van der Waals surface area contributed by atoms with Gasteiger partial charge in [-0.1, -0.05) is 6.07 Å². The fourth-order valence-corrected chi connectivity index (χ4v) is 2.59. The molecule has 10 heteroatoms. The molecule has 2 atom stereocenters. The Hall–Kier alpha value is -2.62. The van der Waals surface area contributed by atoms with E-state index in [1.807, 2.05) is 6.26 Å². The van der Waals surface area contributed by atoms with E-state index in [0.29, 0.717) is 18.7 Å². The first kappa shape index (κ1) is 22.4. The molecule has 0 aliphatic rings. The van der Waals surface area contributed by atoms with Crippen molar-refractivity contribution in [3.63, 3.8) is 0 Å². The van der Waals surface area contributed by atoms with Crippen LogP contribution in [0.5, 0.6) is 0 Å². The molecular weight excluding hydrogens is 374 g/mol. The van der Waals surface area contributed by atoms with E-state index < -0.39 is 34.9 Å². The Kier molecular flexibility index (Phi) is 9.27. The number of esters is 1. The Balaban J connectivity index is 2.85. The lowest BCUT2D eigenvalue weighted by atomic mass is 10.1. The number of benzene rings is 1. The summed E-state index contributed by atoms with van der Waals surface area (Å²) in [5.74, 6) is -1.22. The summed E-state index contributed by atoms with van der Waals surface area (Å²) < 4.78 is 5.14. The van der Waals surface area contributed by atoms with Crippen LogP contribution in [-0.4, -0.2) is 53.4 Å². The summed E-state index contributed by atoms with van der Waals surface area (Å²) in [6.45, 7) is 3.59. The average molecular weight is 397 g/mol. The van der Waals surface area contributed by atoms with Crippen LogP contribution in [0.15, 0.2) is 24.3 Å². The minimum Gasteiger partial charge on any atom is -0.451 e. The predicted molar refractivity (Wildman–Crippen MR) is 102 cm³/mol. The summed E-state index contributed by atoms with van der Waals surface area (Å²) >= 11 is 1.48. The quantitative estimate of drug-likeness (QED) is 0.348. The summed E-state index contributed by atoms with van der Waals surface area (Å²) in [7, 11) is 0. The molecule has 0 unspecified atom stereocenters. The van der Waals surface area contributed by atoms with Crippen molar-refractivity contribution < 1.29 is 24.0 Å². The molecule has 0 radical (unpaired) electrons. The number of non-ortho nitro benzene ring substituents is 1. The van der Waals surface area contributed by atoms with E-state index in [4.69, 9.17) is 4.74 Å². The molecule has 0 saturated heterocycles. The van der Waals surface area contributed by atoms with Crippen molar-refractivity contribution in [3.05, 3.63) is 39.9 Å². The van der Waals surface area contributed by atoms with Crippen LogP contribution >= 0.6 is 11.8 Å². The van der Waals surface area contributed by atoms with Crippen LogP contribution in [0.4, 0.5) is 5.69 Å². The molecule has 27 heavy (non-hydrogen) atoms. The van der Waals surface area contributed by atoms with E-state index in [2.05, 4.69) is 10.6 Å². The lowest BCUT2D eigenvalue weighted by molar-refractivity contribution is -0.384. The van der Waals surface area contributed by atoms with Gasteiger partial charge in [-0.15, -0.1) is 0 Å². The molecule has 0 heterocycles. The van der Waals surface area contributed by atoms with Gasteiger partial charge in [-0.2, -0.15) is 11.8 Å². The molecule has 9 nitrogen and oxygen atoms in total. The normalized spacial score (nSPS) is 12.6. The molecule has 0 bridgehead atoms. The number of rotatable bonds is 10. The lowest BCUT2D eigenvalue weighted by Gasteiger charge is -2.20. The molecule has 148 valence electrons. The summed E-state index contributed by atoms with van der Waals surface area (Å²) in [6.07, 6.45) is 1.15. The molecule has 2 amide bonds. The molecule has 0 aromatic heterocycles. The van der Waals surface area contributed by atoms with Gasteiger partial charge < -0.3 is 15.4 Å². The van der Waals surface area contributed by atoms with Crippen LogP contribution in [0.1, 0.15) is 30.6 Å². The standard InChI is InChI=1S/C17H23N3O6S/c1-4-18-15(21)11(2)26-17(23)14(8-9-27-3)19-16(22)12-6-5-7-13(10-12)20(24)25/h5-7,10-11,14H,4,8-9H2,1-3H3,(H,18,21)(H,19,22)/t11-,14-/m0/s1. The number of hydrogen-bond acceptors (Lipinski definition) is 7. The van der Waals surface area contributed by atoms with Gasteiger partial charge in [0, 0.05) is 24.2 Å². The Morgan fingerprint density at radius 3 is 2.63 bits per heavy atom. The zero-order valence-electron chi connectivity index (χ0n) is 15.4. The first-order valence-corrected chi connectivity index (χ1v) is 9.72. The highest BCUT2D eigenvalue weighted by Gasteiger charge is 2.26. The van der Waals surface area contributed by atoms with Gasteiger partial charge in [0.05, 0.1) is 4.92 Å². The number of ether oxygens (including phenoxy) is 1. The molecule has 0 aliphatic heterocycles. The Morgan fingerprint density at radius 1 is 1.33 bits per heavy atom. The SMILES string of the molecule is CCNC(=O)[C@H](C)OC(=O)[C@H](CCSC)NC(=O)c1cccc([N+](=O)[O-])c1. The number of nitro groups is 1. The number of thioether (sulfide) groups is 1. The molecular formula is C17H23N3O6S. The number of hydrogen-bond donors (Lipinski definition) is 2. The molecule has 0 spiro atoms. The molecule has 2 N–H and O–H groups in total. The van der Waals surface area contributed by atoms with Crippen LogP contribution in [0.3, 0.4) is 0 Å². The molecule has 1 rings (SSSR count). The van der Waals surface area contributed by atoms with E-state index in [0.717, 1.165) is 6.07 Å². The number of nitrogens with zero attached hydrogens (tertiary/aromatic N) is 1. The highest BCUT2D eigenvalue weighted by molar-refractivity contribution is 7.98. The van der Waals surface area contributed by atoms with Gasteiger partial charge >= 0.3 is 5.97 Å². The number of carbonyl (C=O) groups is 3. The maximum Gasteiger partial charge on any atom is 0.329 e. The van der Waals surface area contributed by atoms with Gasteiger partial charge in [-0.05, 0) is 38.3 Å². The van der Waals surface area contributed by atoms with Crippen molar-refractivity contribution in [2.75, 3.05) is 18.6 Å². The van der Waals surface area contributed by atoms with Crippen LogP contribution in [0.2, 0.25) is 0 Å². The monoisotopic (exact) mass is 397 g/mol. The zero-order valence-corrected chi connectivity index (χ0v) is 16.2. The number of nitrogens with one attached hydrogen (secondary N) is 2. The van der Waals surface area contributed by atoms with Crippen LogP contribution in [0, 0.1) is 10.1 Å². The van der Waals surface area contributed by atoms with Crippen molar-refractivity contribution in [3.8, 4) is 0 Å². The minimum atomic E-state index is -0.996. The second-order valence-electron chi connectivity index (χ2n) is 5.59. The number of amides is 2. The average Bonchev–Trinajstić information content (AvgIpc) is 2.64. The molecule has 0 saturated carbocycles. The topological polar surface area (TPSA) is 128 Å². The molecule has 0 aliphatic carbocycles. The van der Waals surface area contributed by atoms with E-state index in [9.17, 15) is 24.5 Å². The van der Waals surface area contributed by atoms with Crippen LogP contribution < -0.4 is 10.6 Å². The largest absolute Gasteiger partial charge is 0.451 e. The Bertz CT molecular complexity index is 697. The number of likely N-dealkylation sites (N-methyl/N-ethyl adjacent to an activating group) is 1. The molecule has 1 aromatic rings. The third-order valence-corrected chi connectivity index (χ3v) is 4.18. The van der Waals surface area contributed by atoms with Gasteiger partial charge in [-0.3, -0.25) is 19.7 Å². The smallest absolute Gasteiger partial charge is 0.329 e. The van der Waals surface area contributed by atoms with Gasteiger partial charge in [-0.25, -0.2) is 4.79 Å². The van der Waals surface area contributed by atoms with E-state index in [1.54, 1.807) is 6.92 Å². The van der Waals surface area contributed by atoms with Crippen LogP contribution in [0.25, 0.3) is 0 Å². The highest BCUT2D eigenvalue weighted by Crippen LogP contribution is 2.14. The lowest BCUT2D eigenvalue weighted by Crippen LogP contribution is -2.45. The van der Waals surface area contributed by atoms with Crippen molar-refractivity contribution >= 4 is 35.2 Å². The predicted octanol–water partition coefficient (Wildman–Crippen LogP) is 1.51. The minimum absolute atomic E-state index is 0.0583. The van der Waals surface area contributed by atoms with E-state index in [1.165, 1.54) is 36.9 Å². The summed E-state index contributed by atoms with van der Waals surface area (Å²) in [4.78, 5) is 46.7. The Morgan fingerprint density at radius 2 is 2.04 bits per heavy atom. The number of nitro benzene ring substituents is 1. The van der Waals surface area contributed by atoms with Crippen molar-refractivity contribution in [2.24, 2.45) is 0 Å². The van der Waals surface area contributed by atoms with Gasteiger partial charge in [0.25, 0.3) is 17.5 Å². The van der Waals surface area contributed by atoms with Crippen molar-refractivity contribution in [1.82, 2.24) is 10.6 Å². The maximum atomic E-state index is 12.4.